The molecular formula is C17H20N2O4S. The van der Waals surface area contributed by atoms with Crippen LogP contribution in [0, 0.1) is 0 Å². The fraction of sp³-hybridized carbons (Fsp3) is 0.412. The first-order chi connectivity index (χ1) is 11.4. The van der Waals surface area contributed by atoms with E-state index in [0.29, 0.717) is 23.9 Å². The predicted octanol–water partition coefficient (Wildman–Crippen LogP) is 1.94. The molecule has 0 amide bonds. The monoisotopic (exact) mass is 348 g/mol. The van der Waals surface area contributed by atoms with Crippen molar-refractivity contribution in [1.29, 1.82) is 0 Å². The SMILES string of the molecule is CCN(Cc1ccc(C(=O)O)c2cccnc12)C1CCS(=O)(=O)C1. The highest BCUT2D eigenvalue weighted by molar-refractivity contribution is 7.91. The molecule has 0 spiro atoms. The Kier molecular flexibility index (Phi) is 4.56. The Hall–Kier alpha value is -1.99. The van der Waals surface area contributed by atoms with Crippen LogP contribution in [0.4, 0.5) is 0 Å². The summed E-state index contributed by atoms with van der Waals surface area (Å²) in [7, 11) is -2.94. The Balaban J connectivity index is 1.95. The lowest BCUT2D eigenvalue weighted by atomic mass is 10.0. The summed E-state index contributed by atoms with van der Waals surface area (Å²) < 4.78 is 23.5. The average molecular weight is 348 g/mol. The van der Waals surface area contributed by atoms with Crippen LogP contribution in [0.25, 0.3) is 10.9 Å². The summed E-state index contributed by atoms with van der Waals surface area (Å²) in [5.74, 6) is -0.543. The van der Waals surface area contributed by atoms with E-state index in [-0.39, 0.29) is 23.1 Å². The van der Waals surface area contributed by atoms with Gasteiger partial charge in [-0.05, 0) is 30.7 Å². The maximum Gasteiger partial charge on any atom is 0.336 e. The zero-order valence-electron chi connectivity index (χ0n) is 13.5. The molecule has 0 radical (unpaired) electrons. The van der Waals surface area contributed by atoms with E-state index >= 15 is 0 Å². The van der Waals surface area contributed by atoms with Gasteiger partial charge in [0.2, 0.25) is 0 Å². The molecule has 1 atom stereocenters. The summed E-state index contributed by atoms with van der Waals surface area (Å²) in [6.07, 6.45) is 2.29. The lowest BCUT2D eigenvalue weighted by Gasteiger charge is -2.27. The number of nitrogens with zero attached hydrogens (tertiary/aromatic N) is 2. The van der Waals surface area contributed by atoms with Crippen LogP contribution in [0.5, 0.6) is 0 Å². The predicted molar refractivity (Wildman–Crippen MR) is 91.8 cm³/mol. The van der Waals surface area contributed by atoms with Crippen LogP contribution in [0.15, 0.2) is 30.5 Å². The van der Waals surface area contributed by atoms with Gasteiger partial charge in [-0.1, -0.05) is 19.1 Å². The highest BCUT2D eigenvalue weighted by atomic mass is 32.2. The molecule has 2 aromatic rings. The Morgan fingerprint density at radius 3 is 2.79 bits per heavy atom. The van der Waals surface area contributed by atoms with E-state index in [9.17, 15) is 18.3 Å². The molecule has 1 aromatic heterocycles. The molecule has 2 heterocycles. The molecule has 1 aromatic carbocycles. The van der Waals surface area contributed by atoms with Crippen molar-refractivity contribution in [3.8, 4) is 0 Å². The van der Waals surface area contributed by atoms with Crippen LogP contribution in [0.1, 0.15) is 29.3 Å². The molecular weight excluding hydrogens is 328 g/mol. The van der Waals surface area contributed by atoms with Gasteiger partial charge in [0.25, 0.3) is 0 Å². The summed E-state index contributed by atoms with van der Waals surface area (Å²) >= 11 is 0. The molecule has 24 heavy (non-hydrogen) atoms. The minimum absolute atomic E-state index is 0.0120. The van der Waals surface area contributed by atoms with Gasteiger partial charge in [-0.25, -0.2) is 13.2 Å². The van der Waals surface area contributed by atoms with Crippen LogP contribution >= 0.6 is 0 Å². The van der Waals surface area contributed by atoms with Gasteiger partial charge in [-0.15, -0.1) is 0 Å². The fourth-order valence-corrected chi connectivity index (χ4v) is 5.09. The molecule has 1 aliphatic rings. The molecule has 0 bridgehead atoms. The van der Waals surface area contributed by atoms with Crippen molar-refractivity contribution in [2.75, 3.05) is 18.1 Å². The first-order valence-electron chi connectivity index (χ1n) is 7.95. The molecule has 0 saturated carbocycles. The quantitative estimate of drug-likeness (QED) is 0.888. The molecule has 1 unspecified atom stereocenters. The van der Waals surface area contributed by atoms with E-state index in [1.807, 2.05) is 6.92 Å². The van der Waals surface area contributed by atoms with E-state index in [4.69, 9.17) is 0 Å². The standard InChI is InChI=1S/C17H20N2O4S/c1-2-19(13-7-9-24(22,23)11-13)10-12-5-6-15(17(20)21)14-4-3-8-18-16(12)14/h3-6,8,13H,2,7,9-11H2,1H3,(H,20,21). The van der Waals surface area contributed by atoms with Gasteiger partial charge in [0.1, 0.15) is 0 Å². The van der Waals surface area contributed by atoms with Crippen molar-refractivity contribution in [3.63, 3.8) is 0 Å². The number of benzene rings is 1. The third-order valence-electron chi connectivity index (χ3n) is 4.59. The maximum absolute atomic E-state index is 11.7. The average Bonchev–Trinajstić information content (AvgIpc) is 2.92. The number of aromatic nitrogens is 1. The third kappa shape index (κ3) is 3.27. The minimum atomic E-state index is -2.94. The molecule has 7 heteroatoms. The largest absolute Gasteiger partial charge is 0.478 e. The normalized spacial score (nSPS) is 19.8. The van der Waals surface area contributed by atoms with Crippen LogP contribution in [-0.2, 0) is 16.4 Å². The van der Waals surface area contributed by atoms with Crippen LogP contribution in [0.3, 0.4) is 0 Å². The maximum atomic E-state index is 11.7. The van der Waals surface area contributed by atoms with E-state index in [1.54, 1.807) is 30.5 Å². The number of hydrogen-bond donors (Lipinski definition) is 1. The highest BCUT2D eigenvalue weighted by Gasteiger charge is 2.31. The van der Waals surface area contributed by atoms with Gasteiger partial charge in [0, 0.05) is 24.2 Å². The zero-order valence-corrected chi connectivity index (χ0v) is 14.3. The number of carbonyl (C=O) groups is 1. The molecule has 6 nitrogen and oxygen atoms in total. The van der Waals surface area contributed by atoms with Gasteiger partial charge in [0.05, 0.1) is 22.6 Å². The van der Waals surface area contributed by atoms with Crippen molar-refractivity contribution in [2.45, 2.75) is 25.9 Å². The lowest BCUT2D eigenvalue weighted by molar-refractivity contribution is 0.0699. The van der Waals surface area contributed by atoms with E-state index in [0.717, 1.165) is 12.1 Å². The number of carboxylic acid groups (broad SMARTS) is 1. The molecule has 128 valence electrons. The Labute approximate surface area is 141 Å². The molecule has 3 rings (SSSR count). The van der Waals surface area contributed by atoms with Crippen LogP contribution in [0.2, 0.25) is 0 Å². The summed E-state index contributed by atoms with van der Waals surface area (Å²) in [6.45, 7) is 3.30. The second-order valence-corrected chi connectivity index (χ2v) is 8.33. The van der Waals surface area contributed by atoms with Crippen LogP contribution < -0.4 is 0 Å². The summed E-state index contributed by atoms with van der Waals surface area (Å²) in [4.78, 5) is 17.9. The van der Waals surface area contributed by atoms with Gasteiger partial charge >= 0.3 is 5.97 Å². The summed E-state index contributed by atoms with van der Waals surface area (Å²) in [6, 6.07) is 6.87. The van der Waals surface area contributed by atoms with E-state index in [2.05, 4.69) is 9.88 Å². The fourth-order valence-electron chi connectivity index (χ4n) is 3.33. The first-order valence-corrected chi connectivity index (χ1v) is 9.78. The van der Waals surface area contributed by atoms with Gasteiger partial charge in [-0.2, -0.15) is 0 Å². The molecule has 0 aliphatic carbocycles. The van der Waals surface area contributed by atoms with E-state index < -0.39 is 15.8 Å². The van der Waals surface area contributed by atoms with Gasteiger partial charge < -0.3 is 5.11 Å². The van der Waals surface area contributed by atoms with Crippen molar-refractivity contribution in [1.82, 2.24) is 9.88 Å². The summed E-state index contributed by atoms with van der Waals surface area (Å²) in [5.41, 5.74) is 1.81. The topological polar surface area (TPSA) is 87.6 Å². The third-order valence-corrected chi connectivity index (χ3v) is 6.34. The number of hydrogen-bond acceptors (Lipinski definition) is 5. The van der Waals surface area contributed by atoms with Gasteiger partial charge in [-0.3, -0.25) is 9.88 Å². The lowest BCUT2D eigenvalue weighted by Crippen LogP contribution is -2.35. The second-order valence-electron chi connectivity index (χ2n) is 6.10. The Morgan fingerprint density at radius 1 is 1.38 bits per heavy atom. The number of pyridine rings is 1. The second kappa shape index (κ2) is 6.49. The minimum Gasteiger partial charge on any atom is -0.478 e. The summed E-state index contributed by atoms with van der Waals surface area (Å²) in [5, 5.41) is 9.94. The molecule has 1 fully saturated rings. The first kappa shape index (κ1) is 16.9. The molecule has 1 saturated heterocycles. The Bertz CT molecular complexity index is 879. The number of rotatable bonds is 5. The van der Waals surface area contributed by atoms with Crippen molar-refractivity contribution >= 4 is 26.7 Å². The van der Waals surface area contributed by atoms with Gasteiger partial charge in [0.15, 0.2) is 9.84 Å². The zero-order chi connectivity index (χ0) is 17.3. The molecule has 1 N–H and O–H groups in total. The number of aromatic carboxylic acids is 1. The number of carboxylic acids is 1. The highest BCUT2D eigenvalue weighted by Crippen LogP contribution is 2.25. The van der Waals surface area contributed by atoms with Crippen molar-refractivity contribution < 1.29 is 18.3 Å². The van der Waals surface area contributed by atoms with Crippen molar-refractivity contribution in [3.05, 3.63) is 41.6 Å². The molecule has 1 aliphatic heterocycles. The Morgan fingerprint density at radius 2 is 2.17 bits per heavy atom. The number of fused-ring (bicyclic) bond motifs is 1. The number of sulfone groups is 1. The van der Waals surface area contributed by atoms with E-state index in [1.165, 1.54) is 0 Å². The smallest absolute Gasteiger partial charge is 0.336 e. The van der Waals surface area contributed by atoms with Crippen molar-refractivity contribution in [2.24, 2.45) is 0 Å². The van der Waals surface area contributed by atoms with Crippen LogP contribution in [-0.4, -0.2) is 53.5 Å².